The molecule has 1 aliphatic carbocycles. The lowest BCUT2D eigenvalue weighted by Crippen LogP contribution is -2.11. The molecule has 0 aromatic heterocycles. The number of ether oxygens (including phenoxy) is 1. The van der Waals surface area contributed by atoms with Crippen LogP contribution in [0, 0.1) is 11.7 Å². The smallest absolute Gasteiger partial charge is 0.184 e. The van der Waals surface area contributed by atoms with Crippen LogP contribution in [0.2, 0.25) is 5.02 Å². The van der Waals surface area contributed by atoms with Crippen LogP contribution in [0.3, 0.4) is 0 Å². The Kier molecular flexibility index (Phi) is 6.77. The van der Waals surface area contributed by atoms with Crippen molar-refractivity contribution in [3.05, 3.63) is 89.7 Å². The summed E-state index contributed by atoms with van der Waals surface area (Å²) >= 11 is 6.27. The van der Waals surface area contributed by atoms with Gasteiger partial charge in [-0.1, -0.05) is 66.2 Å². The fourth-order valence-corrected chi connectivity index (χ4v) is 4.77. The van der Waals surface area contributed by atoms with Gasteiger partial charge in [-0.05, 0) is 78.8 Å². The second-order valence-electron chi connectivity index (χ2n) is 8.22. The molecule has 0 heterocycles. The number of benzene rings is 3. The van der Waals surface area contributed by atoms with Gasteiger partial charge in [0.05, 0.1) is 11.6 Å². The largest absolute Gasteiger partial charge is 0.491 e. The normalized spacial score (nSPS) is 18.5. The monoisotopic (exact) mass is 434 g/mol. The van der Waals surface area contributed by atoms with Gasteiger partial charge in [0, 0.05) is 5.56 Å². The Morgan fingerprint density at radius 1 is 0.903 bits per heavy atom. The molecule has 0 amide bonds. The highest BCUT2D eigenvalue weighted by molar-refractivity contribution is 6.33. The van der Waals surface area contributed by atoms with Crippen LogP contribution in [0.25, 0.3) is 22.3 Å². The standard InChI is InChI=1S/C28H28ClFO/c1-3-19-5-7-20(8-6-19)21-9-11-22(12-10-21)23-13-15-24(16-14-23)25-17-18-26(31-4-2)28(30)27(25)29/h3,9-20H,1,4-8H2,2H3. The predicted octanol–water partition coefficient (Wildman–Crippen LogP) is 8.67. The number of halogens is 2. The summed E-state index contributed by atoms with van der Waals surface area (Å²) in [5, 5.41) is 0.0919. The molecule has 1 fully saturated rings. The SMILES string of the molecule is C=CC1CCC(c2ccc(-c3ccc(-c4ccc(OCC)c(F)c4Cl)cc3)cc2)CC1. The van der Waals surface area contributed by atoms with E-state index in [0.717, 1.165) is 11.1 Å². The van der Waals surface area contributed by atoms with Gasteiger partial charge in [0.2, 0.25) is 0 Å². The summed E-state index contributed by atoms with van der Waals surface area (Å²) in [7, 11) is 0. The Bertz CT molecular complexity index is 1030. The lowest BCUT2D eigenvalue weighted by Gasteiger charge is -2.27. The summed E-state index contributed by atoms with van der Waals surface area (Å²) in [6.45, 7) is 6.16. The first kappa shape index (κ1) is 21.6. The Hall–Kier alpha value is -2.58. The third-order valence-corrected chi connectivity index (χ3v) is 6.73. The van der Waals surface area contributed by atoms with Crippen molar-refractivity contribution in [2.24, 2.45) is 5.92 Å². The van der Waals surface area contributed by atoms with Crippen molar-refractivity contribution in [3.8, 4) is 28.0 Å². The van der Waals surface area contributed by atoms with Gasteiger partial charge in [0.15, 0.2) is 11.6 Å². The second kappa shape index (κ2) is 9.70. The molecule has 1 saturated carbocycles. The molecular weight excluding hydrogens is 407 g/mol. The summed E-state index contributed by atoms with van der Waals surface area (Å²) in [6.07, 6.45) is 7.07. The second-order valence-corrected chi connectivity index (χ2v) is 8.60. The van der Waals surface area contributed by atoms with Gasteiger partial charge in [0.1, 0.15) is 0 Å². The van der Waals surface area contributed by atoms with Crippen LogP contribution < -0.4 is 4.74 Å². The summed E-state index contributed by atoms with van der Waals surface area (Å²) in [5.74, 6) is 1.02. The zero-order valence-corrected chi connectivity index (χ0v) is 18.7. The zero-order chi connectivity index (χ0) is 21.8. The van der Waals surface area contributed by atoms with Gasteiger partial charge in [-0.2, -0.15) is 0 Å². The predicted molar refractivity (Wildman–Crippen MR) is 128 cm³/mol. The van der Waals surface area contributed by atoms with Crippen molar-refractivity contribution in [2.75, 3.05) is 6.61 Å². The first-order chi connectivity index (χ1) is 15.1. The number of allylic oxidation sites excluding steroid dienone is 1. The van der Waals surface area contributed by atoms with Gasteiger partial charge < -0.3 is 4.74 Å². The first-order valence-electron chi connectivity index (χ1n) is 11.0. The molecule has 3 aromatic carbocycles. The average molecular weight is 435 g/mol. The lowest BCUT2D eigenvalue weighted by molar-refractivity contribution is 0.322. The van der Waals surface area contributed by atoms with Gasteiger partial charge in [-0.25, -0.2) is 4.39 Å². The van der Waals surface area contributed by atoms with E-state index < -0.39 is 5.82 Å². The Balaban J connectivity index is 1.50. The maximum atomic E-state index is 14.5. The Labute approximate surface area is 189 Å². The van der Waals surface area contributed by atoms with Gasteiger partial charge in [0.25, 0.3) is 0 Å². The third kappa shape index (κ3) is 4.70. The van der Waals surface area contributed by atoms with Crippen molar-refractivity contribution >= 4 is 11.6 Å². The van der Waals surface area contributed by atoms with Crippen LogP contribution >= 0.6 is 11.6 Å². The fourth-order valence-electron chi connectivity index (χ4n) is 4.50. The van der Waals surface area contributed by atoms with Crippen molar-refractivity contribution < 1.29 is 9.13 Å². The number of hydrogen-bond donors (Lipinski definition) is 0. The molecule has 160 valence electrons. The molecule has 0 unspecified atom stereocenters. The Morgan fingerprint density at radius 3 is 2.06 bits per heavy atom. The molecule has 3 heteroatoms. The Morgan fingerprint density at radius 2 is 1.48 bits per heavy atom. The molecule has 1 nitrogen and oxygen atoms in total. The summed E-state index contributed by atoms with van der Waals surface area (Å²) in [5.41, 5.74) is 5.29. The van der Waals surface area contributed by atoms with Gasteiger partial charge in [-0.15, -0.1) is 6.58 Å². The van der Waals surface area contributed by atoms with Gasteiger partial charge >= 0.3 is 0 Å². The van der Waals surface area contributed by atoms with Gasteiger partial charge in [-0.3, -0.25) is 0 Å². The highest BCUT2D eigenvalue weighted by atomic mass is 35.5. The van der Waals surface area contributed by atoms with E-state index in [1.54, 1.807) is 12.1 Å². The van der Waals surface area contributed by atoms with Crippen LogP contribution in [0.15, 0.2) is 73.3 Å². The molecule has 0 atom stereocenters. The molecule has 0 aliphatic heterocycles. The van der Waals surface area contributed by atoms with E-state index >= 15 is 0 Å². The van der Waals surface area contributed by atoms with Crippen molar-refractivity contribution in [1.82, 2.24) is 0 Å². The quantitative estimate of drug-likeness (QED) is 0.352. The lowest BCUT2D eigenvalue weighted by atomic mass is 9.78. The van der Waals surface area contributed by atoms with E-state index in [0.29, 0.717) is 24.0 Å². The zero-order valence-electron chi connectivity index (χ0n) is 17.9. The van der Waals surface area contributed by atoms with Crippen LogP contribution in [0.1, 0.15) is 44.1 Å². The van der Waals surface area contributed by atoms with Crippen LogP contribution in [-0.4, -0.2) is 6.61 Å². The minimum atomic E-state index is -0.511. The molecule has 0 N–H and O–H groups in total. The number of rotatable bonds is 6. The van der Waals surface area contributed by atoms with Crippen LogP contribution in [0.5, 0.6) is 5.75 Å². The summed E-state index contributed by atoms with van der Waals surface area (Å²) in [4.78, 5) is 0. The topological polar surface area (TPSA) is 9.23 Å². The van der Waals surface area contributed by atoms with Crippen molar-refractivity contribution in [1.29, 1.82) is 0 Å². The number of hydrogen-bond acceptors (Lipinski definition) is 1. The van der Waals surface area contributed by atoms with Crippen molar-refractivity contribution in [3.63, 3.8) is 0 Å². The molecular formula is C28H28ClFO. The van der Waals surface area contributed by atoms with E-state index in [9.17, 15) is 4.39 Å². The minimum Gasteiger partial charge on any atom is -0.491 e. The molecule has 4 rings (SSSR count). The minimum absolute atomic E-state index is 0.0919. The van der Waals surface area contributed by atoms with E-state index in [4.69, 9.17) is 16.3 Å². The molecule has 1 aliphatic rings. The van der Waals surface area contributed by atoms with E-state index in [-0.39, 0.29) is 10.8 Å². The molecule has 0 spiro atoms. The van der Waals surface area contributed by atoms with Crippen molar-refractivity contribution in [2.45, 2.75) is 38.5 Å². The van der Waals surface area contributed by atoms with Crippen LogP contribution in [-0.2, 0) is 0 Å². The average Bonchev–Trinajstić information content (AvgIpc) is 2.83. The highest BCUT2D eigenvalue weighted by Gasteiger charge is 2.20. The molecule has 0 saturated heterocycles. The van der Waals surface area contributed by atoms with E-state index in [1.165, 1.54) is 36.8 Å². The van der Waals surface area contributed by atoms with E-state index in [1.807, 2.05) is 19.1 Å². The summed E-state index contributed by atoms with van der Waals surface area (Å²) < 4.78 is 19.7. The molecule has 31 heavy (non-hydrogen) atoms. The highest BCUT2D eigenvalue weighted by Crippen LogP contribution is 2.38. The maximum Gasteiger partial charge on any atom is 0.184 e. The molecule has 0 radical (unpaired) electrons. The summed E-state index contributed by atoms with van der Waals surface area (Å²) in [6, 6.07) is 20.5. The third-order valence-electron chi connectivity index (χ3n) is 6.36. The first-order valence-corrected chi connectivity index (χ1v) is 11.4. The molecule has 0 bridgehead atoms. The molecule has 3 aromatic rings. The van der Waals surface area contributed by atoms with E-state index in [2.05, 4.69) is 49.1 Å². The fraction of sp³-hybridized carbons (Fsp3) is 0.286. The van der Waals surface area contributed by atoms with Crippen LogP contribution in [0.4, 0.5) is 4.39 Å². The maximum absolute atomic E-state index is 14.5.